The second kappa shape index (κ2) is 8.69. The first-order valence-electron chi connectivity index (χ1n) is 7.76. The monoisotopic (exact) mass is 299 g/mol. The van der Waals surface area contributed by atoms with E-state index in [0.29, 0.717) is 13.0 Å². The number of hydrogen-bond acceptors (Lipinski definition) is 3. The van der Waals surface area contributed by atoms with Crippen molar-refractivity contribution in [2.75, 3.05) is 20.3 Å². The highest BCUT2D eigenvalue weighted by atomic mass is 16.5. The van der Waals surface area contributed by atoms with E-state index >= 15 is 0 Å². The first kappa shape index (κ1) is 16.7. The van der Waals surface area contributed by atoms with Crippen LogP contribution in [0.25, 0.3) is 11.1 Å². The normalized spacial score (nSPS) is 13.8. The lowest BCUT2D eigenvalue weighted by molar-refractivity contribution is 0.0590. The molecule has 0 saturated heterocycles. The molecule has 0 heterocycles. The molecule has 2 aromatic rings. The largest absolute Gasteiger partial charge is 0.391 e. The van der Waals surface area contributed by atoms with E-state index in [1.807, 2.05) is 6.07 Å². The van der Waals surface area contributed by atoms with Gasteiger partial charge >= 0.3 is 0 Å². The van der Waals surface area contributed by atoms with E-state index in [2.05, 4.69) is 60.8 Å². The standard InChI is InChI=1S/C19H25NO2/c1-15(20-12-11-19(21)14-22-2)17-9-6-10-18(13-17)16-7-4-3-5-8-16/h3-10,13,15,19-21H,11-12,14H2,1-2H3. The summed E-state index contributed by atoms with van der Waals surface area (Å²) in [6, 6.07) is 19.2. The van der Waals surface area contributed by atoms with Gasteiger partial charge in [0.25, 0.3) is 0 Å². The van der Waals surface area contributed by atoms with Crippen LogP contribution >= 0.6 is 0 Å². The number of aliphatic hydroxyl groups excluding tert-OH is 1. The zero-order valence-corrected chi connectivity index (χ0v) is 13.3. The van der Waals surface area contributed by atoms with Crippen LogP contribution in [0.1, 0.15) is 24.9 Å². The van der Waals surface area contributed by atoms with Gasteiger partial charge in [0.1, 0.15) is 0 Å². The fourth-order valence-electron chi connectivity index (χ4n) is 2.48. The zero-order valence-electron chi connectivity index (χ0n) is 13.3. The van der Waals surface area contributed by atoms with E-state index in [-0.39, 0.29) is 6.04 Å². The maximum absolute atomic E-state index is 9.66. The molecule has 0 spiro atoms. The van der Waals surface area contributed by atoms with Crippen molar-refractivity contribution < 1.29 is 9.84 Å². The highest BCUT2D eigenvalue weighted by Gasteiger charge is 2.08. The van der Waals surface area contributed by atoms with Gasteiger partial charge in [0.15, 0.2) is 0 Å². The van der Waals surface area contributed by atoms with E-state index in [1.54, 1.807) is 7.11 Å². The third-order valence-electron chi connectivity index (χ3n) is 3.78. The van der Waals surface area contributed by atoms with Crippen LogP contribution in [0.5, 0.6) is 0 Å². The summed E-state index contributed by atoms with van der Waals surface area (Å²) in [5.41, 5.74) is 3.71. The molecule has 2 aromatic carbocycles. The zero-order chi connectivity index (χ0) is 15.8. The second-order valence-corrected chi connectivity index (χ2v) is 5.57. The van der Waals surface area contributed by atoms with Crippen molar-refractivity contribution in [3.63, 3.8) is 0 Å². The summed E-state index contributed by atoms with van der Waals surface area (Å²) >= 11 is 0. The highest BCUT2D eigenvalue weighted by Crippen LogP contribution is 2.23. The Balaban J connectivity index is 1.94. The Morgan fingerprint density at radius 2 is 1.77 bits per heavy atom. The van der Waals surface area contributed by atoms with Gasteiger partial charge in [0, 0.05) is 13.2 Å². The lowest BCUT2D eigenvalue weighted by atomic mass is 10.00. The Bertz CT molecular complexity index is 556. The quantitative estimate of drug-likeness (QED) is 0.785. The van der Waals surface area contributed by atoms with Crippen molar-refractivity contribution in [1.82, 2.24) is 5.32 Å². The molecule has 0 amide bonds. The summed E-state index contributed by atoms with van der Waals surface area (Å²) in [6.07, 6.45) is 0.289. The lowest BCUT2D eigenvalue weighted by Crippen LogP contribution is -2.25. The van der Waals surface area contributed by atoms with Gasteiger partial charge in [0.2, 0.25) is 0 Å². The summed E-state index contributed by atoms with van der Waals surface area (Å²) in [5.74, 6) is 0. The fourth-order valence-corrected chi connectivity index (χ4v) is 2.48. The third kappa shape index (κ3) is 4.95. The Labute approximate surface area is 133 Å². The molecule has 2 unspecified atom stereocenters. The fraction of sp³-hybridized carbons (Fsp3) is 0.368. The van der Waals surface area contributed by atoms with Gasteiger partial charge in [-0.25, -0.2) is 0 Å². The molecule has 0 bridgehead atoms. The number of benzene rings is 2. The van der Waals surface area contributed by atoms with Gasteiger partial charge in [-0.05, 0) is 42.6 Å². The summed E-state index contributed by atoms with van der Waals surface area (Å²) in [7, 11) is 1.61. The molecule has 2 N–H and O–H groups in total. The van der Waals surface area contributed by atoms with Gasteiger partial charge in [-0.3, -0.25) is 0 Å². The number of ether oxygens (including phenoxy) is 1. The van der Waals surface area contributed by atoms with Crippen LogP contribution in [-0.2, 0) is 4.74 Å². The summed E-state index contributed by atoms with van der Waals surface area (Å²) in [4.78, 5) is 0. The minimum absolute atomic E-state index is 0.249. The molecule has 2 rings (SSSR count). The van der Waals surface area contributed by atoms with Gasteiger partial charge in [-0.2, -0.15) is 0 Å². The van der Waals surface area contributed by atoms with Crippen molar-refractivity contribution in [2.24, 2.45) is 0 Å². The van der Waals surface area contributed by atoms with Gasteiger partial charge in [0.05, 0.1) is 12.7 Å². The molecule has 0 fully saturated rings. The molecule has 0 aromatic heterocycles. The smallest absolute Gasteiger partial charge is 0.0785 e. The van der Waals surface area contributed by atoms with E-state index in [0.717, 1.165) is 6.54 Å². The number of hydrogen-bond donors (Lipinski definition) is 2. The first-order valence-corrected chi connectivity index (χ1v) is 7.76. The minimum atomic E-state index is -0.402. The van der Waals surface area contributed by atoms with Crippen LogP contribution in [0, 0.1) is 0 Å². The van der Waals surface area contributed by atoms with Crippen LogP contribution in [0.4, 0.5) is 0 Å². The molecule has 3 nitrogen and oxygen atoms in total. The second-order valence-electron chi connectivity index (χ2n) is 5.57. The molecule has 0 aliphatic heterocycles. The average Bonchev–Trinajstić information content (AvgIpc) is 2.56. The van der Waals surface area contributed by atoms with Gasteiger partial charge < -0.3 is 15.2 Å². The molecule has 3 heteroatoms. The van der Waals surface area contributed by atoms with Crippen molar-refractivity contribution in [3.05, 3.63) is 60.2 Å². The summed E-state index contributed by atoms with van der Waals surface area (Å²) in [6.45, 7) is 3.30. The molecule has 0 aliphatic carbocycles. The summed E-state index contributed by atoms with van der Waals surface area (Å²) in [5, 5.41) is 13.1. The molecule has 2 atom stereocenters. The predicted octanol–water partition coefficient (Wildman–Crippen LogP) is 3.40. The minimum Gasteiger partial charge on any atom is -0.391 e. The molecule has 0 aliphatic rings. The lowest BCUT2D eigenvalue weighted by Gasteiger charge is -2.17. The average molecular weight is 299 g/mol. The number of aliphatic hydroxyl groups is 1. The predicted molar refractivity (Wildman–Crippen MR) is 90.8 cm³/mol. The maximum atomic E-state index is 9.66. The Morgan fingerprint density at radius 3 is 2.50 bits per heavy atom. The van der Waals surface area contributed by atoms with E-state index in [9.17, 15) is 5.11 Å². The van der Waals surface area contributed by atoms with Crippen molar-refractivity contribution in [2.45, 2.75) is 25.5 Å². The van der Waals surface area contributed by atoms with Crippen LogP contribution < -0.4 is 5.32 Å². The first-order chi connectivity index (χ1) is 10.7. The van der Waals surface area contributed by atoms with Crippen LogP contribution in [0.2, 0.25) is 0 Å². The van der Waals surface area contributed by atoms with E-state index in [1.165, 1.54) is 16.7 Å². The van der Waals surface area contributed by atoms with Crippen LogP contribution in [-0.4, -0.2) is 31.5 Å². The highest BCUT2D eigenvalue weighted by molar-refractivity contribution is 5.64. The van der Waals surface area contributed by atoms with Gasteiger partial charge in [-0.15, -0.1) is 0 Å². The van der Waals surface area contributed by atoms with Crippen molar-refractivity contribution >= 4 is 0 Å². The van der Waals surface area contributed by atoms with Crippen LogP contribution in [0.3, 0.4) is 0 Å². The topological polar surface area (TPSA) is 41.5 Å². The van der Waals surface area contributed by atoms with E-state index < -0.39 is 6.10 Å². The Morgan fingerprint density at radius 1 is 1.05 bits per heavy atom. The van der Waals surface area contributed by atoms with Crippen LogP contribution in [0.15, 0.2) is 54.6 Å². The molecular formula is C19H25NO2. The Hall–Kier alpha value is -1.68. The van der Waals surface area contributed by atoms with Gasteiger partial charge in [-0.1, -0.05) is 48.5 Å². The third-order valence-corrected chi connectivity index (χ3v) is 3.78. The molecule has 0 saturated carbocycles. The molecule has 0 radical (unpaired) electrons. The number of methoxy groups -OCH3 is 1. The number of nitrogens with one attached hydrogen (secondary N) is 1. The van der Waals surface area contributed by atoms with Crippen molar-refractivity contribution in [3.8, 4) is 11.1 Å². The number of rotatable bonds is 8. The molecule has 22 heavy (non-hydrogen) atoms. The maximum Gasteiger partial charge on any atom is 0.0785 e. The SMILES string of the molecule is COCC(O)CCNC(C)c1cccc(-c2ccccc2)c1. The summed E-state index contributed by atoms with van der Waals surface area (Å²) < 4.78 is 4.93. The molecule has 118 valence electrons. The van der Waals surface area contributed by atoms with E-state index in [4.69, 9.17) is 4.74 Å². The Kier molecular flexibility index (Phi) is 6.59. The molecular weight excluding hydrogens is 274 g/mol. The van der Waals surface area contributed by atoms with Crippen molar-refractivity contribution in [1.29, 1.82) is 0 Å².